The first kappa shape index (κ1) is 15.5. The van der Waals surface area contributed by atoms with Crippen molar-refractivity contribution in [1.82, 2.24) is 19.5 Å². The summed E-state index contributed by atoms with van der Waals surface area (Å²) in [4.78, 5) is 19.8. The van der Waals surface area contributed by atoms with Gasteiger partial charge in [-0.2, -0.15) is 9.61 Å². The Kier molecular flexibility index (Phi) is 3.94. The minimum Gasteiger partial charge on any atom is -0.294 e. The Labute approximate surface area is 144 Å². The third kappa shape index (κ3) is 2.76. The minimum atomic E-state index is -0.100. The number of hydrogen-bond acceptors (Lipinski definition) is 5. The summed E-state index contributed by atoms with van der Waals surface area (Å²) in [5.74, 6) is 0. The number of fused-ring (bicyclic) bond motifs is 2. The molecule has 0 saturated heterocycles. The van der Waals surface area contributed by atoms with E-state index >= 15 is 0 Å². The summed E-state index contributed by atoms with van der Waals surface area (Å²) < 4.78 is 1.39. The SMILES string of the molecule is Cc1nn2c(=O)cc(CN(C)C3CCCc4ccccc43)nc2s1. The number of hydrogen-bond donors (Lipinski definition) is 0. The van der Waals surface area contributed by atoms with E-state index in [1.807, 2.05) is 6.92 Å². The lowest BCUT2D eigenvalue weighted by Crippen LogP contribution is -2.28. The van der Waals surface area contributed by atoms with E-state index in [4.69, 9.17) is 0 Å². The Morgan fingerprint density at radius 1 is 1.38 bits per heavy atom. The van der Waals surface area contributed by atoms with Crippen LogP contribution in [0.3, 0.4) is 0 Å². The molecule has 1 aliphatic rings. The van der Waals surface area contributed by atoms with Gasteiger partial charge in [-0.3, -0.25) is 9.69 Å². The fraction of sp³-hybridized carbons (Fsp3) is 0.389. The molecule has 3 aromatic rings. The molecule has 1 atom stereocenters. The zero-order valence-corrected chi connectivity index (χ0v) is 14.7. The van der Waals surface area contributed by atoms with Gasteiger partial charge in [-0.1, -0.05) is 35.6 Å². The Morgan fingerprint density at radius 2 is 2.21 bits per heavy atom. The molecule has 5 nitrogen and oxygen atoms in total. The van der Waals surface area contributed by atoms with Gasteiger partial charge in [0.05, 0.1) is 5.69 Å². The number of nitrogens with zero attached hydrogens (tertiary/aromatic N) is 4. The smallest absolute Gasteiger partial charge is 0.275 e. The average Bonchev–Trinajstić information content (AvgIpc) is 2.95. The predicted molar refractivity (Wildman–Crippen MR) is 95.5 cm³/mol. The fourth-order valence-electron chi connectivity index (χ4n) is 3.58. The molecule has 0 bridgehead atoms. The van der Waals surface area contributed by atoms with Crippen LogP contribution in [0.15, 0.2) is 35.1 Å². The zero-order valence-electron chi connectivity index (χ0n) is 13.9. The van der Waals surface area contributed by atoms with Crippen LogP contribution in [0.5, 0.6) is 0 Å². The van der Waals surface area contributed by atoms with Crippen LogP contribution in [0.1, 0.15) is 40.7 Å². The topological polar surface area (TPSA) is 50.5 Å². The molecule has 0 spiro atoms. The van der Waals surface area contributed by atoms with Crippen molar-refractivity contribution in [3.63, 3.8) is 0 Å². The van der Waals surface area contributed by atoms with Crippen molar-refractivity contribution in [3.8, 4) is 0 Å². The van der Waals surface area contributed by atoms with Gasteiger partial charge in [0, 0.05) is 18.7 Å². The van der Waals surface area contributed by atoms with Crippen LogP contribution in [0.25, 0.3) is 4.96 Å². The van der Waals surface area contributed by atoms with Gasteiger partial charge < -0.3 is 0 Å². The van der Waals surface area contributed by atoms with Gasteiger partial charge in [0.1, 0.15) is 5.01 Å². The van der Waals surface area contributed by atoms with Gasteiger partial charge in [0.15, 0.2) is 0 Å². The van der Waals surface area contributed by atoms with Crippen LogP contribution >= 0.6 is 11.3 Å². The highest BCUT2D eigenvalue weighted by atomic mass is 32.1. The summed E-state index contributed by atoms with van der Waals surface area (Å²) in [6, 6.07) is 10.7. The van der Waals surface area contributed by atoms with Crippen molar-refractivity contribution in [2.45, 2.75) is 38.8 Å². The van der Waals surface area contributed by atoms with E-state index < -0.39 is 0 Å². The van der Waals surface area contributed by atoms with E-state index in [1.165, 1.54) is 33.4 Å². The summed E-state index contributed by atoms with van der Waals surface area (Å²) in [7, 11) is 2.12. The summed E-state index contributed by atoms with van der Waals surface area (Å²) >= 11 is 1.45. The van der Waals surface area contributed by atoms with Crippen molar-refractivity contribution >= 4 is 16.3 Å². The maximum absolute atomic E-state index is 12.2. The molecule has 1 aromatic carbocycles. The van der Waals surface area contributed by atoms with Gasteiger partial charge in [-0.15, -0.1) is 0 Å². The van der Waals surface area contributed by atoms with E-state index in [-0.39, 0.29) is 5.56 Å². The van der Waals surface area contributed by atoms with Gasteiger partial charge in [-0.25, -0.2) is 4.98 Å². The predicted octanol–water partition coefficient (Wildman–Crippen LogP) is 2.97. The van der Waals surface area contributed by atoms with E-state index in [9.17, 15) is 4.79 Å². The molecule has 6 heteroatoms. The third-order valence-electron chi connectivity index (χ3n) is 4.68. The van der Waals surface area contributed by atoms with Gasteiger partial charge in [0.25, 0.3) is 5.56 Å². The van der Waals surface area contributed by atoms with Crippen LogP contribution in [0, 0.1) is 6.92 Å². The molecule has 124 valence electrons. The monoisotopic (exact) mass is 340 g/mol. The first-order valence-corrected chi connectivity index (χ1v) is 9.08. The number of aromatic nitrogens is 3. The van der Waals surface area contributed by atoms with Crippen molar-refractivity contribution in [3.05, 3.63) is 62.5 Å². The largest absolute Gasteiger partial charge is 0.294 e. The van der Waals surface area contributed by atoms with E-state index in [0.717, 1.165) is 23.5 Å². The Morgan fingerprint density at radius 3 is 3.08 bits per heavy atom. The molecule has 2 heterocycles. The van der Waals surface area contributed by atoms with Crippen LogP contribution in [0.2, 0.25) is 0 Å². The molecule has 0 aliphatic heterocycles. The van der Waals surface area contributed by atoms with Crippen molar-refractivity contribution in [2.24, 2.45) is 0 Å². The number of benzene rings is 1. The molecule has 1 unspecified atom stereocenters. The van der Waals surface area contributed by atoms with E-state index in [2.05, 4.69) is 46.3 Å². The lowest BCUT2D eigenvalue weighted by molar-refractivity contribution is 0.211. The number of rotatable bonds is 3. The summed E-state index contributed by atoms with van der Waals surface area (Å²) in [5, 5.41) is 5.05. The molecule has 24 heavy (non-hydrogen) atoms. The Bertz CT molecular complexity index is 946. The highest BCUT2D eigenvalue weighted by molar-refractivity contribution is 7.16. The molecule has 0 N–H and O–H groups in total. The lowest BCUT2D eigenvalue weighted by atomic mass is 9.87. The lowest BCUT2D eigenvalue weighted by Gasteiger charge is -2.33. The highest BCUT2D eigenvalue weighted by Gasteiger charge is 2.24. The molecular weight excluding hydrogens is 320 g/mol. The van der Waals surface area contributed by atoms with Crippen molar-refractivity contribution in [1.29, 1.82) is 0 Å². The molecule has 0 saturated carbocycles. The molecule has 1 aliphatic carbocycles. The maximum atomic E-state index is 12.2. The summed E-state index contributed by atoms with van der Waals surface area (Å²) in [5.41, 5.74) is 3.57. The van der Waals surface area contributed by atoms with E-state index in [0.29, 0.717) is 17.5 Å². The molecule has 4 rings (SSSR count). The minimum absolute atomic E-state index is 0.100. The first-order valence-electron chi connectivity index (χ1n) is 8.26. The van der Waals surface area contributed by atoms with Crippen LogP contribution in [-0.4, -0.2) is 26.5 Å². The molecule has 0 fully saturated rings. The second-order valence-corrected chi connectivity index (χ2v) is 7.58. The van der Waals surface area contributed by atoms with Crippen molar-refractivity contribution < 1.29 is 0 Å². The first-order chi connectivity index (χ1) is 11.6. The number of aryl methyl sites for hydroxylation is 2. The summed E-state index contributed by atoms with van der Waals surface area (Å²) in [6.45, 7) is 2.56. The average molecular weight is 340 g/mol. The summed E-state index contributed by atoms with van der Waals surface area (Å²) in [6.07, 6.45) is 3.51. The second kappa shape index (κ2) is 6.11. The quantitative estimate of drug-likeness (QED) is 0.735. The Hall–Kier alpha value is -2.05. The van der Waals surface area contributed by atoms with Gasteiger partial charge >= 0.3 is 0 Å². The van der Waals surface area contributed by atoms with Crippen LogP contribution < -0.4 is 5.56 Å². The molecule has 0 amide bonds. The zero-order chi connectivity index (χ0) is 16.7. The molecule has 2 aromatic heterocycles. The highest BCUT2D eigenvalue weighted by Crippen LogP contribution is 2.33. The molecular formula is C18H20N4OS. The third-order valence-corrected chi connectivity index (χ3v) is 5.50. The fourth-order valence-corrected chi connectivity index (χ4v) is 4.35. The second-order valence-electron chi connectivity index (χ2n) is 6.42. The van der Waals surface area contributed by atoms with E-state index in [1.54, 1.807) is 6.07 Å². The normalized spacial score (nSPS) is 17.4. The Balaban J connectivity index is 1.63. The van der Waals surface area contributed by atoms with Gasteiger partial charge in [-0.05, 0) is 44.4 Å². The maximum Gasteiger partial charge on any atom is 0.275 e. The standard InChI is InChI=1S/C18H20N4OS/c1-12-20-22-17(23)10-14(19-18(22)24-12)11-21(2)16-9-5-7-13-6-3-4-8-15(13)16/h3-4,6,8,10,16H,5,7,9,11H2,1-2H3. The van der Waals surface area contributed by atoms with Crippen LogP contribution in [0.4, 0.5) is 0 Å². The molecule has 0 radical (unpaired) electrons. The van der Waals surface area contributed by atoms with Gasteiger partial charge in [0.2, 0.25) is 4.96 Å². The van der Waals surface area contributed by atoms with Crippen LogP contribution in [-0.2, 0) is 13.0 Å². The van der Waals surface area contributed by atoms with Crippen molar-refractivity contribution in [2.75, 3.05) is 7.05 Å².